The van der Waals surface area contributed by atoms with Crippen LogP contribution >= 0.6 is 11.6 Å². The number of anilines is 2. The molecule has 25 heavy (non-hydrogen) atoms. The van der Waals surface area contributed by atoms with E-state index in [1.165, 1.54) is 25.7 Å². The molecular formula is C19H23ClN4O. The van der Waals surface area contributed by atoms with Crippen molar-refractivity contribution >= 4 is 29.1 Å². The number of aryl methyl sites for hydroxylation is 1. The number of nitrogens with one attached hydrogen (secondary N) is 2. The molecule has 0 atom stereocenters. The van der Waals surface area contributed by atoms with Crippen molar-refractivity contribution in [3.8, 4) is 0 Å². The molecule has 2 aromatic rings. The summed E-state index contributed by atoms with van der Waals surface area (Å²) in [6, 6.07) is 9.08. The molecule has 3 rings (SSSR count). The summed E-state index contributed by atoms with van der Waals surface area (Å²) in [5.74, 6) is 0.282. The number of benzene rings is 1. The Bertz CT molecular complexity index is 725. The minimum Gasteiger partial charge on any atom is -0.351 e. The van der Waals surface area contributed by atoms with E-state index in [1.807, 2.05) is 6.92 Å². The minimum absolute atomic E-state index is 0.253. The number of carbonyl (C=O) groups is 1. The van der Waals surface area contributed by atoms with Crippen LogP contribution in [0.15, 0.2) is 30.3 Å². The van der Waals surface area contributed by atoms with Gasteiger partial charge in [-0.15, -0.1) is 0 Å². The molecule has 0 unspecified atom stereocenters. The highest BCUT2D eigenvalue weighted by atomic mass is 35.5. The first-order valence-corrected chi connectivity index (χ1v) is 9.17. The topological polar surface area (TPSA) is 66.9 Å². The largest absolute Gasteiger partial charge is 0.351 e. The summed E-state index contributed by atoms with van der Waals surface area (Å²) in [6.45, 7) is 1.87. The van der Waals surface area contributed by atoms with E-state index < -0.39 is 0 Å². The molecule has 1 aromatic carbocycles. The van der Waals surface area contributed by atoms with Gasteiger partial charge in [0.2, 0.25) is 5.95 Å². The first-order chi connectivity index (χ1) is 12.1. The van der Waals surface area contributed by atoms with Gasteiger partial charge in [0, 0.05) is 22.4 Å². The van der Waals surface area contributed by atoms with Gasteiger partial charge in [-0.25, -0.2) is 9.97 Å². The fourth-order valence-electron chi connectivity index (χ4n) is 3.08. The van der Waals surface area contributed by atoms with E-state index in [0.29, 0.717) is 28.4 Å². The number of carbonyl (C=O) groups excluding carboxylic acids is 1. The molecule has 1 heterocycles. The molecule has 1 aromatic heterocycles. The molecule has 1 fully saturated rings. The molecule has 0 saturated heterocycles. The summed E-state index contributed by atoms with van der Waals surface area (Å²) in [5, 5.41) is 6.88. The van der Waals surface area contributed by atoms with Crippen LogP contribution in [0.4, 0.5) is 11.6 Å². The van der Waals surface area contributed by atoms with Crippen molar-refractivity contribution in [3.05, 3.63) is 46.7 Å². The lowest BCUT2D eigenvalue weighted by atomic mass is 10.1. The van der Waals surface area contributed by atoms with Crippen molar-refractivity contribution in [1.29, 1.82) is 0 Å². The number of hydrogen-bond donors (Lipinski definition) is 2. The minimum atomic E-state index is -0.253. The summed E-state index contributed by atoms with van der Waals surface area (Å²) in [7, 11) is 0. The van der Waals surface area contributed by atoms with Gasteiger partial charge in [0.1, 0.15) is 5.69 Å². The number of hydrogen-bond acceptors (Lipinski definition) is 4. The molecule has 1 aliphatic rings. The SMILES string of the molecule is Cc1cc(C(=O)Nc2ccc(Cl)cc2)nc(NC2CCCCCC2)n1. The second-order valence-corrected chi connectivity index (χ2v) is 6.95. The Morgan fingerprint density at radius 2 is 1.76 bits per heavy atom. The smallest absolute Gasteiger partial charge is 0.274 e. The average Bonchev–Trinajstić information content (AvgIpc) is 2.85. The molecule has 0 radical (unpaired) electrons. The van der Waals surface area contributed by atoms with Crippen molar-refractivity contribution in [2.45, 2.75) is 51.5 Å². The Balaban J connectivity index is 1.71. The molecule has 1 amide bonds. The number of rotatable bonds is 4. The standard InChI is InChI=1S/C19H23ClN4O/c1-13-12-17(18(25)22-16-10-8-14(20)9-11-16)24-19(21-13)23-15-6-4-2-3-5-7-15/h8-12,15H,2-7H2,1H3,(H,22,25)(H,21,23,24). The second-order valence-electron chi connectivity index (χ2n) is 6.51. The predicted octanol–water partition coefficient (Wildman–Crippen LogP) is 4.83. The number of nitrogens with zero attached hydrogens (tertiary/aromatic N) is 2. The maximum Gasteiger partial charge on any atom is 0.274 e. The highest BCUT2D eigenvalue weighted by Gasteiger charge is 2.15. The van der Waals surface area contributed by atoms with E-state index in [1.54, 1.807) is 30.3 Å². The summed E-state index contributed by atoms with van der Waals surface area (Å²) in [5.41, 5.74) is 1.81. The van der Waals surface area contributed by atoms with Crippen LogP contribution in [0.1, 0.15) is 54.7 Å². The Labute approximate surface area is 153 Å². The third kappa shape index (κ3) is 5.16. The summed E-state index contributed by atoms with van der Waals surface area (Å²) in [4.78, 5) is 21.3. The monoisotopic (exact) mass is 358 g/mol. The van der Waals surface area contributed by atoms with Crippen molar-refractivity contribution in [1.82, 2.24) is 9.97 Å². The van der Waals surface area contributed by atoms with Gasteiger partial charge >= 0.3 is 0 Å². The zero-order chi connectivity index (χ0) is 17.6. The maximum absolute atomic E-state index is 12.5. The molecule has 0 aliphatic heterocycles. The zero-order valence-corrected chi connectivity index (χ0v) is 15.1. The van der Waals surface area contributed by atoms with Crippen molar-refractivity contribution in [2.75, 3.05) is 10.6 Å². The van der Waals surface area contributed by atoms with Crippen LogP contribution in [0.5, 0.6) is 0 Å². The van der Waals surface area contributed by atoms with Gasteiger partial charge in [0.15, 0.2) is 0 Å². The third-order valence-electron chi connectivity index (χ3n) is 4.38. The quantitative estimate of drug-likeness (QED) is 0.768. The van der Waals surface area contributed by atoms with E-state index in [0.717, 1.165) is 18.5 Å². The van der Waals surface area contributed by atoms with Gasteiger partial charge < -0.3 is 10.6 Å². The van der Waals surface area contributed by atoms with Gasteiger partial charge in [-0.2, -0.15) is 0 Å². The average molecular weight is 359 g/mol. The third-order valence-corrected chi connectivity index (χ3v) is 4.63. The molecular weight excluding hydrogens is 336 g/mol. The first-order valence-electron chi connectivity index (χ1n) is 8.79. The number of amides is 1. The fraction of sp³-hybridized carbons (Fsp3) is 0.421. The van der Waals surface area contributed by atoms with Crippen LogP contribution in [0.3, 0.4) is 0 Å². The van der Waals surface area contributed by atoms with Crippen molar-refractivity contribution in [2.24, 2.45) is 0 Å². The molecule has 0 bridgehead atoms. The van der Waals surface area contributed by atoms with Crippen LogP contribution in [-0.4, -0.2) is 21.9 Å². The number of halogens is 1. The van der Waals surface area contributed by atoms with Crippen LogP contribution in [0, 0.1) is 6.92 Å². The van der Waals surface area contributed by atoms with Gasteiger partial charge in [0.25, 0.3) is 5.91 Å². The lowest BCUT2D eigenvalue weighted by Crippen LogP contribution is -2.22. The Morgan fingerprint density at radius 3 is 2.44 bits per heavy atom. The molecule has 1 aliphatic carbocycles. The van der Waals surface area contributed by atoms with Gasteiger partial charge in [-0.1, -0.05) is 37.3 Å². The van der Waals surface area contributed by atoms with Crippen LogP contribution in [0.2, 0.25) is 5.02 Å². The highest BCUT2D eigenvalue weighted by Crippen LogP contribution is 2.20. The fourth-order valence-corrected chi connectivity index (χ4v) is 3.21. The van der Waals surface area contributed by atoms with Gasteiger partial charge in [-0.3, -0.25) is 4.79 Å². The number of aromatic nitrogens is 2. The molecule has 5 nitrogen and oxygen atoms in total. The van der Waals surface area contributed by atoms with E-state index >= 15 is 0 Å². The van der Waals surface area contributed by atoms with Crippen LogP contribution in [0.25, 0.3) is 0 Å². The van der Waals surface area contributed by atoms with Crippen molar-refractivity contribution in [3.63, 3.8) is 0 Å². The summed E-state index contributed by atoms with van der Waals surface area (Å²) < 4.78 is 0. The first kappa shape index (κ1) is 17.7. The van der Waals surface area contributed by atoms with Crippen molar-refractivity contribution < 1.29 is 4.79 Å². The van der Waals surface area contributed by atoms with E-state index in [4.69, 9.17) is 11.6 Å². The Hall–Kier alpha value is -2.14. The molecule has 0 spiro atoms. The van der Waals surface area contributed by atoms with Gasteiger partial charge in [0.05, 0.1) is 0 Å². The zero-order valence-electron chi connectivity index (χ0n) is 14.4. The molecule has 1 saturated carbocycles. The van der Waals surface area contributed by atoms with Crippen LogP contribution < -0.4 is 10.6 Å². The molecule has 132 valence electrons. The maximum atomic E-state index is 12.5. The Morgan fingerprint density at radius 1 is 1.08 bits per heavy atom. The van der Waals surface area contributed by atoms with E-state index in [2.05, 4.69) is 20.6 Å². The second kappa shape index (κ2) is 8.30. The van der Waals surface area contributed by atoms with Gasteiger partial charge in [-0.05, 0) is 50.1 Å². The van der Waals surface area contributed by atoms with Crippen LogP contribution in [-0.2, 0) is 0 Å². The predicted molar refractivity (Wildman–Crippen MR) is 101 cm³/mol. The highest BCUT2D eigenvalue weighted by molar-refractivity contribution is 6.30. The molecule has 6 heteroatoms. The summed E-state index contributed by atoms with van der Waals surface area (Å²) in [6.07, 6.45) is 7.30. The Kier molecular flexibility index (Phi) is 5.87. The van der Waals surface area contributed by atoms with E-state index in [9.17, 15) is 4.79 Å². The van der Waals surface area contributed by atoms with E-state index in [-0.39, 0.29) is 5.91 Å². The lowest BCUT2D eigenvalue weighted by molar-refractivity contribution is 0.102. The normalized spacial score (nSPS) is 15.4. The lowest BCUT2D eigenvalue weighted by Gasteiger charge is -2.17. The summed E-state index contributed by atoms with van der Waals surface area (Å²) >= 11 is 5.87. The molecule has 2 N–H and O–H groups in total.